The molecular formula is C37H34ClFN4O7. The number of amides is 1. The van der Waals surface area contributed by atoms with Crippen molar-refractivity contribution in [3.05, 3.63) is 112 Å². The average molecular weight is 701 g/mol. The lowest BCUT2D eigenvalue weighted by Crippen LogP contribution is -2.40. The number of nitriles is 1. The number of carboxylic acid groups (broad SMARTS) is 1. The highest BCUT2D eigenvalue weighted by molar-refractivity contribution is 6.32. The molecule has 258 valence electrons. The van der Waals surface area contributed by atoms with Gasteiger partial charge in [0.15, 0.2) is 5.78 Å². The van der Waals surface area contributed by atoms with E-state index in [0.717, 1.165) is 16.7 Å². The Bertz CT molecular complexity index is 1930. The first-order valence-corrected chi connectivity index (χ1v) is 16.2. The normalized spacial score (nSPS) is 13.9. The van der Waals surface area contributed by atoms with E-state index in [1.54, 1.807) is 42.6 Å². The van der Waals surface area contributed by atoms with Crippen molar-refractivity contribution in [2.24, 2.45) is 0 Å². The number of aliphatic hydroxyl groups is 1. The molecule has 0 fully saturated rings. The third kappa shape index (κ3) is 9.00. The molecular weight excluding hydrogens is 667 g/mol. The molecule has 4 aromatic rings. The number of aromatic nitrogens is 1. The number of carbonyl (C=O) groups excluding carboxylic acids is 2. The topological polar surface area (TPSA) is 171 Å². The molecule has 11 nitrogen and oxygen atoms in total. The zero-order chi connectivity index (χ0) is 35.6. The highest BCUT2D eigenvalue weighted by Crippen LogP contribution is 2.43. The molecule has 13 heteroatoms. The van der Waals surface area contributed by atoms with Crippen LogP contribution < -0.4 is 20.1 Å². The van der Waals surface area contributed by atoms with Crippen LogP contribution in [-0.4, -0.2) is 52.1 Å². The van der Waals surface area contributed by atoms with Crippen molar-refractivity contribution in [3.63, 3.8) is 0 Å². The van der Waals surface area contributed by atoms with E-state index in [-0.39, 0.29) is 42.9 Å². The van der Waals surface area contributed by atoms with Gasteiger partial charge in [0, 0.05) is 54.5 Å². The summed E-state index contributed by atoms with van der Waals surface area (Å²) in [5.74, 6) is -1.86. The fourth-order valence-corrected chi connectivity index (χ4v) is 5.97. The summed E-state index contributed by atoms with van der Waals surface area (Å²) in [6, 6.07) is 18.3. The second-order valence-corrected chi connectivity index (χ2v) is 12.0. The third-order valence-corrected chi connectivity index (χ3v) is 8.52. The van der Waals surface area contributed by atoms with Gasteiger partial charge < -0.3 is 30.3 Å². The number of nitrogens with one attached hydrogen (secondary N) is 2. The van der Waals surface area contributed by atoms with Gasteiger partial charge in [-0.15, -0.1) is 0 Å². The summed E-state index contributed by atoms with van der Waals surface area (Å²) in [4.78, 5) is 39.4. The largest absolute Gasteiger partial charge is 0.488 e. The van der Waals surface area contributed by atoms with Crippen molar-refractivity contribution in [2.45, 2.75) is 51.0 Å². The number of hydrogen-bond donors (Lipinski definition) is 4. The van der Waals surface area contributed by atoms with Crippen molar-refractivity contribution in [2.75, 3.05) is 13.2 Å². The highest BCUT2D eigenvalue weighted by atomic mass is 35.5. The van der Waals surface area contributed by atoms with Crippen LogP contribution in [0.5, 0.6) is 11.5 Å². The molecule has 0 saturated heterocycles. The van der Waals surface area contributed by atoms with Crippen molar-refractivity contribution in [3.8, 4) is 28.7 Å². The zero-order valence-corrected chi connectivity index (χ0v) is 27.6. The molecule has 1 amide bonds. The standard InChI is InChI=1S/C37H34ClFN4O7/c38-29-13-24(18-42-31(20-44)32(45)9-11-36(46)43-19-37(47)48)34(49-21-23-12-22(15-40)16-41-17-23)14-35(29)50-33-10-8-26-25(5-3-6-28(26)33)27-4-1-2-7-30(27)39/h1-7,12-14,16-17,31,33,42,44H,8-11,18-21H2,(H,43,46)(H,47,48)/t31-,33-/m0/s1. The summed E-state index contributed by atoms with van der Waals surface area (Å²) in [5.41, 5.74) is 4.79. The van der Waals surface area contributed by atoms with Gasteiger partial charge >= 0.3 is 5.97 Å². The molecule has 0 bridgehead atoms. The van der Waals surface area contributed by atoms with Gasteiger partial charge in [0.1, 0.15) is 42.6 Å². The maximum absolute atomic E-state index is 14.7. The molecule has 1 aliphatic carbocycles. The summed E-state index contributed by atoms with van der Waals surface area (Å²) in [6.07, 6.45) is 3.49. The number of carbonyl (C=O) groups is 3. The quantitative estimate of drug-likeness (QED) is 0.124. The van der Waals surface area contributed by atoms with E-state index in [1.807, 2.05) is 24.3 Å². The van der Waals surface area contributed by atoms with Crippen molar-refractivity contribution >= 4 is 29.3 Å². The van der Waals surface area contributed by atoms with Gasteiger partial charge in [0.05, 0.1) is 23.2 Å². The minimum absolute atomic E-state index is 0.0340. The van der Waals surface area contributed by atoms with E-state index >= 15 is 0 Å². The summed E-state index contributed by atoms with van der Waals surface area (Å²) < 4.78 is 27.3. The summed E-state index contributed by atoms with van der Waals surface area (Å²) in [6.45, 7) is -1.03. The fourth-order valence-electron chi connectivity index (χ4n) is 5.74. The lowest BCUT2D eigenvalue weighted by atomic mass is 9.96. The van der Waals surface area contributed by atoms with Gasteiger partial charge in [0.2, 0.25) is 5.91 Å². The number of halogens is 2. The van der Waals surface area contributed by atoms with Gasteiger partial charge in [0.25, 0.3) is 0 Å². The molecule has 3 aromatic carbocycles. The number of aliphatic hydroxyl groups excluding tert-OH is 1. The van der Waals surface area contributed by atoms with Gasteiger partial charge in [-0.05, 0) is 47.7 Å². The smallest absolute Gasteiger partial charge is 0.322 e. The Morgan fingerprint density at radius 1 is 1.06 bits per heavy atom. The molecule has 50 heavy (non-hydrogen) atoms. The van der Waals surface area contributed by atoms with Crippen LogP contribution in [0.25, 0.3) is 11.1 Å². The number of ketones is 1. The maximum atomic E-state index is 14.7. The predicted octanol–water partition coefficient (Wildman–Crippen LogP) is 5.06. The van der Waals surface area contributed by atoms with Gasteiger partial charge in [-0.25, -0.2) is 4.39 Å². The SMILES string of the molecule is N#Cc1cncc(COc2cc(O[C@H]3CCc4c(-c5ccccc5F)cccc43)c(Cl)cc2CN[C@@H](CO)C(=O)CCC(=O)NCC(=O)O)c1. The number of fused-ring (bicyclic) bond motifs is 1. The van der Waals surface area contributed by atoms with E-state index in [2.05, 4.69) is 15.6 Å². The number of hydrogen-bond acceptors (Lipinski definition) is 9. The lowest BCUT2D eigenvalue weighted by molar-refractivity contribution is -0.138. The van der Waals surface area contributed by atoms with Crippen LogP contribution in [0.2, 0.25) is 5.02 Å². The van der Waals surface area contributed by atoms with E-state index in [9.17, 15) is 29.1 Å². The summed E-state index contributed by atoms with van der Waals surface area (Å²) in [7, 11) is 0. The Labute approximate surface area is 292 Å². The molecule has 1 aromatic heterocycles. The van der Waals surface area contributed by atoms with Crippen molar-refractivity contribution < 1.29 is 38.5 Å². The maximum Gasteiger partial charge on any atom is 0.322 e. The van der Waals surface area contributed by atoms with Crippen LogP contribution in [0.15, 0.2) is 73.1 Å². The molecule has 0 radical (unpaired) electrons. The van der Waals surface area contributed by atoms with Crippen LogP contribution >= 0.6 is 11.6 Å². The highest BCUT2D eigenvalue weighted by Gasteiger charge is 2.28. The van der Waals surface area contributed by atoms with Crippen LogP contribution in [0.3, 0.4) is 0 Å². The minimum Gasteiger partial charge on any atom is -0.488 e. The Morgan fingerprint density at radius 3 is 2.62 bits per heavy atom. The monoisotopic (exact) mass is 700 g/mol. The number of carboxylic acids is 1. The molecule has 0 unspecified atom stereocenters. The van der Waals surface area contributed by atoms with Gasteiger partial charge in [-0.3, -0.25) is 19.4 Å². The lowest BCUT2D eigenvalue weighted by Gasteiger charge is -2.21. The number of Topliss-reactive ketones (excluding diaryl/α,β-unsaturated/α-hetero) is 1. The van der Waals surface area contributed by atoms with Crippen LogP contribution in [0.1, 0.15) is 53.2 Å². The number of ether oxygens (including phenoxy) is 2. The Kier molecular flexibility index (Phi) is 12.1. The molecule has 0 spiro atoms. The molecule has 5 rings (SSSR count). The van der Waals surface area contributed by atoms with Gasteiger partial charge in [-0.1, -0.05) is 48.0 Å². The first-order valence-electron chi connectivity index (χ1n) is 15.8. The van der Waals surface area contributed by atoms with Crippen LogP contribution in [0.4, 0.5) is 4.39 Å². The molecule has 0 aliphatic heterocycles. The van der Waals surface area contributed by atoms with Crippen LogP contribution in [-0.2, 0) is 34.0 Å². The zero-order valence-electron chi connectivity index (χ0n) is 26.8. The second kappa shape index (κ2) is 16.8. The molecule has 4 N–H and O–H groups in total. The Hall–Kier alpha value is -5.35. The van der Waals surface area contributed by atoms with E-state index in [4.69, 9.17) is 26.2 Å². The third-order valence-electron chi connectivity index (χ3n) is 8.23. The molecule has 1 aliphatic rings. The fraction of sp³-hybridized carbons (Fsp3) is 0.270. The number of nitrogens with zero attached hydrogens (tertiary/aromatic N) is 2. The summed E-state index contributed by atoms with van der Waals surface area (Å²) in [5, 5.41) is 33.4. The van der Waals surface area contributed by atoms with Crippen molar-refractivity contribution in [1.82, 2.24) is 15.6 Å². The first-order chi connectivity index (χ1) is 24.2. The second-order valence-electron chi connectivity index (χ2n) is 11.6. The van der Waals surface area contributed by atoms with Gasteiger partial charge in [-0.2, -0.15) is 5.26 Å². The number of rotatable bonds is 16. The summed E-state index contributed by atoms with van der Waals surface area (Å²) >= 11 is 6.75. The predicted molar refractivity (Wildman–Crippen MR) is 181 cm³/mol. The van der Waals surface area contributed by atoms with E-state index in [0.29, 0.717) is 46.6 Å². The van der Waals surface area contributed by atoms with E-state index < -0.39 is 36.9 Å². The first kappa shape index (κ1) is 35.9. The van der Waals surface area contributed by atoms with Crippen LogP contribution in [0, 0.1) is 17.1 Å². The average Bonchev–Trinajstić information content (AvgIpc) is 3.53. The Balaban J connectivity index is 1.35. The molecule has 0 saturated carbocycles. The molecule has 1 heterocycles. The van der Waals surface area contributed by atoms with E-state index in [1.165, 1.54) is 12.3 Å². The molecule has 2 atom stereocenters. The number of pyridine rings is 1. The van der Waals surface area contributed by atoms with Crippen molar-refractivity contribution in [1.29, 1.82) is 5.26 Å². The number of benzene rings is 3. The Morgan fingerprint density at radius 2 is 1.86 bits per heavy atom. The minimum atomic E-state index is -1.20. The number of aliphatic carboxylic acids is 1.